The summed E-state index contributed by atoms with van der Waals surface area (Å²) in [6.45, 7) is 10.5. The fourth-order valence-electron chi connectivity index (χ4n) is 1.91. The summed E-state index contributed by atoms with van der Waals surface area (Å²) >= 11 is 1.80. The molecule has 7 heteroatoms. The van der Waals surface area contributed by atoms with Crippen LogP contribution in [0.25, 0.3) is 0 Å². The molecule has 0 aromatic carbocycles. The highest BCUT2D eigenvalue weighted by atomic mass is 127. The van der Waals surface area contributed by atoms with Gasteiger partial charge in [0.1, 0.15) is 0 Å². The minimum absolute atomic E-state index is 0. The van der Waals surface area contributed by atoms with Gasteiger partial charge in [-0.1, -0.05) is 6.92 Å². The second-order valence-electron chi connectivity index (χ2n) is 4.92. The van der Waals surface area contributed by atoms with Gasteiger partial charge in [-0.15, -0.1) is 35.3 Å². The molecule has 2 N–H and O–H groups in total. The third-order valence-electron chi connectivity index (χ3n) is 3.10. The second kappa shape index (κ2) is 15.1. The molecule has 0 atom stereocenters. The first-order valence-electron chi connectivity index (χ1n) is 8.33. The molecule has 1 aromatic heterocycles. The van der Waals surface area contributed by atoms with Gasteiger partial charge in [0, 0.05) is 50.3 Å². The Morgan fingerprint density at radius 3 is 2.74 bits per heavy atom. The standard InChI is InChI=1S/C16H30N4OS.HI/c1-4-14-13-20-15(22-14)9-11-19-16(17-5-2)18-10-7-8-12-21-6-3;/h13H,4-12H2,1-3H3,(H2,17,18,19);1H. The lowest BCUT2D eigenvalue weighted by atomic mass is 10.3. The van der Waals surface area contributed by atoms with E-state index >= 15 is 0 Å². The van der Waals surface area contributed by atoms with Gasteiger partial charge in [-0.2, -0.15) is 0 Å². The molecular formula is C16H31IN4OS. The molecule has 0 aliphatic rings. The predicted octanol–water partition coefficient (Wildman–Crippen LogP) is 3.24. The van der Waals surface area contributed by atoms with Crippen molar-refractivity contribution in [1.82, 2.24) is 15.6 Å². The summed E-state index contributed by atoms with van der Waals surface area (Å²) in [7, 11) is 0. The molecule has 0 saturated heterocycles. The highest BCUT2D eigenvalue weighted by molar-refractivity contribution is 14.0. The zero-order valence-electron chi connectivity index (χ0n) is 14.6. The van der Waals surface area contributed by atoms with E-state index in [0.717, 1.165) is 64.5 Å². The van der Waals surface area contributed by atoms with Crippen molar-refractivity contribution in [2.75, 3.05) is 32.8 Å². The van der Waals surface area contributed by atoms with E-state index in [4.69, 9.17) is 4.74 Å². The summed E-state index contributed by atoms with van der Waals surface area (Å²) in [6, 6.07) is 0. The highest BCUT2D eigenvalue weighted by Crippen LogP contribution is 2.13. The monoisotopic (exact) mass is 454 g/mol. The van der Waals surface area contributed by atoms with Crippen molar-refractivity contribution in [3.05, 3.63) is 16.1 Å². The molecule has 0 unspecified atom stereocenters. The molecule has 134 valence electrons. The van der Waals surface area contributed by atoms with Gasteiger partial charge in [0.05, 0.1) is 5.01 Å². The topological polar surface area (TPSA) is 58.5 Å². The van der Waals surface area contributed by atoms with E-state index in [1.165, 1.54) is 9.88 Å². The minimum Gasteiger partial charge on any atom is -0.382 e. The molecule has 1 heterocycles. The van der Waals surface area contributed by atoms with E-state index in [9.17, 15) is 0 Å². The van der Waals surface area contributed by atoms with Gasteiger partial charge in [0.25, 0.3) is 0 Å². The first-order valence-corrected chi connectivity index (χ1v) is 9.15. The number of halogens is 1. The molecule has 0 radical (unpaired) electrons. The number of hydrogen-bond donors (Lipinski definition) is 2. The zero-order chi connectivity index (χ0) is 16.0. The Hall–Kier alpha value is -0.410. The fraction of sp³-hybridized carbons (Fsp3) is 0.750. The van der Waals surface area contributed by atoms with Crippen molar-refractivity contribution in [3.63, 3.8) is 0 Å². The van der Waals surface area contributed by atoms with Crippen molar-refractivity contribution in [2.45, 2.75) is 46.5 Å². The van der Waals surface area contributed by atoms with Crippen molar-refractivity contribution in [2.24, 2.45) is 4.99 Å². The molecule has 5 nitrogen and oxygen atoms in total. The van der Waals surface area contributed by atoms with Crippen LogP contribution < -0.4 is 10.6 Å². The number of aryl methyl sites for hydroxylation is 1. The van der Waals surface area contributed by atoms with Crippen LogP contribution >= 0.6 is 35.3 Å². The van der Waals surface area contributed by atoms with Crippen molar-refractivity contribution in [1.29, 1.82) is 0 Å². The van der Waals surface area contributed by atoms with Crippen LogP contribution in [0.5, 0.6) is 0 Å². The van der Waals surface area contributed by atoms with Crippen LogP contribution in [0, 0.1) is 0 Å². The average molecular weight is 454 g/mol. The minimum atomic E-state index is 0. The Morgan fingerprint density at radius 2 is 2.09 bits per heavy atom. The normalized spacial score (nSPS) is 11.2. The molecule has 23 heavy (non-hydrogen) atoms. The summed E-state index contributed by atoms with van der Waals surface area (Å²) in [5, 5.41) is 7.84. The molecule has 0 aliphatic carbocycles. The molecule has 1 aromatic rings. The summed E-state index contributed by atoms with van der Waals surface area (Å²) < 4.78 is 5.33. The quantitative estimate of drug-likeness (QED) is 0.233. The number of hydrogen-bond acceptors (Lipinski definition) is 4. The number of nitrogens with zero attached hydrogens (tertiary/aromatic N) is 2. The number of aromatic nitrogens is 1. The van der Waals surface area contributed by atoms with Crippen LogP contribution in [0.3, 0.4) is 0 Å². The lowest BCUT2D eigenvalue weighted by molar-refractivity contribution is 0.144. The van der Waals surface area contributed by atoms with Crippen LogP contribution in [0.2, 0.25) is 0 Å². The van der Waals surface area contributed by atoms with E-state index in [2.05, 4.69) is 34.5 Å². The number of guanidine groups is 1. The number of rotatable bonds is 11. The lowest BCUT2D eigenvalue weighted by Crippen LogP contribution is -2.38. The summed E-state index contributed by atoms with van der Waals surface area (Å²) in [5.41, 5.74) is 0. The van der Waals surface area contributed by atoms with Crippen LogP contribution in [0.1, 0.15) is 43.5 Å². The average Bonchev–Trinajstić information content (AvgIpc) is 2.98. The van der Waals surface area contributed by atoms with Gasteiger partial charge in [0.2, 0.25) is 0 Å². The smallest absolute Gasteiger partial charge is 0.191 e. The van der Waals surface area contributed by atoms with Crippen LogP contribution in [-0.4, -0.2) is 43.8 Å². The first-order chi connectivity index (χ1) is 10.8. The van der Waals surface area contributed by atoms with Crippen molar-refractivity contribution in [3.8, 4) is 0 Å². The van der Waals surface area contributed by atoms with E-state index < -0.39 is 0 Å². The maximum Gasteiger partial charge on any atom is 0.191 e. The van der Waals surface area contributed by atoms with Gasteiger partial charge >= 0.3 is 0 Å². The molecule has 1 rings (SSSR count). The highest BCUT2D eigenvalue weighted by Gasteiger charge is 2.01. The first kappa shape index (κ1) is 22.6. The van der Waals surface area contributed by atoms with E-state index in [0.29, 0.717) is 0 Å². The summed E-state index contributed by atoms with van der Waals surface area (Å²) in [5.74, 6) is 0.895. The predicted molar refractivity (Wildman–Crippen MR) is 110 cm³/mol. The molecule has 0 aliphatic heterocycles. The zero-order valence-corrected chi connectivity index (χ0v) is 17.7. The van der Waals surface area contributed by atoms with Gasteiger partial charge in [-0.25, -0.2) is 4.98 Å². The number of aliphatic imine (C=N–C) groups is 1. The Labute approximate surface area is 161 Å². The number of ether oxygens (including phenoxy) is 1. The van der Waals surface area contributed by atoms with Gasteiger partial charge in [0.15, 0.2) is 5.96 Å². The number of thiazole rings is 1. The molecule has 0 bridgehead atoms. The molecule has 0 saturated carbocycles. The summed E-state index contributed by atoms with van der Waals surface area (Å²) in [6.07, 6.45) is 6.12. The van der Waals surface area contributed by atoms with Crippen molar-refractivity contribution >= 4 is 41.3 Å². The van der Waals surface area contributed by atoms with Gasteiger partial charge in [-0.3, -0.25) is 4.99 Å². The van der Waals surface area contributed by atoms with Crippen LogP contribution in [-0.2, 0) is 17.6 Å². The Kier molecular flexibility index (Phi) is 14.9. The Bertz CT molecular complexity index is 426. The molecule has 0 amide bonds. The van der Waals surface area contributed by atoms with Gasteiger partial charge in [-0.05, 0) is 33.1 Å². The largest absolute Gasteiger partial charge is 0.382 e. The third-order valence-corrected chi connectivity index (χ3v) is 4.30. The molecular weight excluding hydrogens is 423 g/mol. The SMILES string of the molecule is CCNC(=NCCCCOCC)NCCc1ncc(CC)s1.I. The maximum atomic E-state index is 5.33. The number of nitrogens with one attached hydrogen (secondary N) is 2. The Morgan fingerprint density at radius 1 is 1.26 bits per heavy atom. The number of unbranched alkanes of at least 4 members (excludes halogenated alkanes) is 1. The Balaban J connectivity index is 0.00000484. The van der Waals surface area contributed by atoms with Crippen LogP contribution in [0.4, 0.5) is 0 Å². The fourth-order valence-corrected chi connectivity index (χ4v) is 2.77. The van der Waals surface area contributed by atoms with Crippen LogP contribution in [0.15, 0.2) is 11.2 Å². The van der Waals surface area contributed by atoms with E-state index in [1.807, 2.05) is 13.1 Å². The second-order valence-corrected chi connectivity index (χ2v) is 6.12. The van der Waals surface area contributed by atoms with E-state index in [1.54, 1.807) is 11.3 Å². The summed E-state index contributed by atoms with van der Waals surface area (Å²) in [4.78, 5) is 10.4. The molecule has 0 spiro atoms. The van der Waals surface area contributed by atoms with Gasteiger partial charge < -0.3 is 15.4 Å². The lowest BCUT2D eigenvalue weighted by Gasteiger charge is -2.10. The third kappa shape index (κ3) is 10.9. The van der Waals surface area contributed by atoms with Crippen molar-refractivity contribution < 1.29 is 4.74 Å². The maximum absolute atomic E-state index is 5.33. The molecule has 0 fully saturated rings. The van der Waals surface area contributed by atoms with E-state index in [-0.39, 0.29) is 24.0 Å².